The summed E-state index contributed by atoms with van der Waals surface area (Å²) >= 11 is 0. The van der Waals surface area contributed by atoms with E-state index in [0.29, 0.717) is 16.9 Å². The molecular weight excluding hydrogens is 489 g/mol. The number of rotatable bonds is 17. The van der Waals surface area contributed by atoms with Gasteiger partial charge in [0.15, 0.2) is 16.6 Å². The smallest absolute Gasteiger partial charge is 0.192 e. The fourth-order valence-electron chi connectivity index (χ4n) is 4.36. The van der Waals surface area contributed by atoms with Gasteiger partial charge in [-0.2, -0.15) is 0 Å². The fraction of sp³-hybridized carbons (Fsp3) is 0.812. The van der Waals surface area contributed by atoms with E-state index in [2.05, 4.69) is 92.0 Å². The van der Waals surface area contributed by atoms with Crippen LogP contribution in [0.2, 0.25) is 36.3 Å². The summed E-state index contributed by atoms with van der Waals surface area (Å²) in [5, 5.41) is 9.39. The van der Waals surface area contributed by atoms with Gasteiger partial charge in [0.1, 0.15) is 0 Å². The van der Waals surface area contributed by atoms with Gasteiger partial charge in [-0.15, -0.1) is 0 Å². The van der Waals surface area contributed by atoms with Crippen LogP contribution in [-0.4, -0.2) is 34.5 Å². The first-order valence-electron chi connectivity index (χ1n) is 15.1. The molecule has 0 bridgehead atoms. The molecule has 0 fully saturated rings. The van der Waals surface area contributed by atoms with E-state index in [1.54, 1.807) is 0 Å². The highest BCUT2D eigenvalue weighted by molar-refractivity contribution is 6.74. The zero-order valence-corrected chi connectivity index (χ0v) is 28.2. The van der Waals surface area contributed by atoms with Crippen molar-refractivity contribution in [1.29, 1.82) is 0 Å². The molecule has 0 saturated carbocycles. The standard InChI is InChI=1S/C32H62O3Si2/c1-31(2,3)36(7,8)34-27-21-17-12-11-14-18-22-28-24-25-30(35-37(9,10)32(4,5)6)29(28)23-19-15-13-16-20-26-33/h18,20,22,24-26,28-30,33H,11-17,19,21,23,27H2,1-10H3/t28-,29?,30-/m1/s1. The molecule has 0 amide bonds. The molecule has 3 atom stereocenters. The van der Waals surface area contributed by atoms with E-state index in [4.69, 9.17) is 14.0 Å². The van der Waals surface area contributed by atoms with Crippen LogP contribution in [0.25, 0.3) is 0 Å². The third-order valence-electron chi connectivity index (χ3n) is 9.08. The number of hydrogen-bond acceptors (Lipinski definition) is 3. The summed E-state index contributed by atoms with van der Waals surface area (Å²) in [5.74, 6) is 1.04. The monoisotopic (exact) mass is 550 g/mol. The van der Waals surface area contributed by atoms with Crippen LogP contribution in [0.3, 0.4) is 0 Å². The van der Waals surface area contributed by atoms with Crippen LogP contribution in [0.15, 0.2) is 36.6 Å². The highest BCUT2D eigenvalue weighted by Gasteiger charge is 2.42. The Kier molecular flexibility index (Phi) is 14.7. The first kappa shape index (κ1) is 34.4. The highest BCUT2D eigenvalue weighted by atomic mass is 28.4. The number of unbranched alkanes of at least 4 members (excludes halogenated alkanes) is 7. The summed E-state index contributed by atoms with van der Waals surface area (Å²) in [6.45, 7) is 24.3. The van der Waals surface area contributed by atoms with Crippen molar-refractivity contribution >= 4 is 16.6 Å². The molecule has 1 N–H and O–H groups in total. The van der Waals surface area contributed by atoms with Gasteiger partial charge >= 0.3 is 0 Å². The minimum absolute atomic E-state index is 0.228. The van der Waals surface area contributed by atoms with Crippen molar-refractivity contribution in [1.82, 2.24) is 0 Å². The Hall–Kier alpha value is -0.626. The van der Waals surface area contributed by atoms with Gasteiger partial charge in [-0.3, -0.25) is 0 Å². The minimum Gasteiger partial charge on any atom is -0.516 e. The topological polar surface area (TPSA) is 38.7 Å². The van der Waals surface area contributed by atoms with Crippen molar-refractivity contribution in [3.8, 4) is 0 Å². The van der Waals surface area contributed by atoms with Crippen LogP contribution in [0, 0.1) is 11.8 Å². The molecule has 1 unspecified atom stereocenters. The molecule has 0 heterocycles. The zero-order chi connectivity index (χ0) is 28.2. The summed E-state index contributed by atoms with van der Waals surface area (Å²) < 4.78 is 13.2. The van der Waals surface area contributed by atoms with Crippen molar-refractivity contribution < 1.29 is 14.0 Å². The molecule has 0 aromatic heterocycles. The SMILES string of the molecule is CC(C)(C)[Si](C)(C)OCCCCCCC=C[C@@H]1C=C[C@@H](O[Si](C)(C)C(C)(C)C)C1CCCCCC=CO. The predicted molar refractivity (Wildman–Crippen MR) is 168 cm³/mol. The van der Waals surface area contributed by atoms with E-state index in [-0.39, 0.29) is 11.1 Å². The Morgan fingerprint density at radius 1 is 0.730 bits per heavy atom. The van der Waals surface area contributed by atoms with E-state index < -0.39 is 16.6 Å². The lowest BCUT2D eigenvalue weighted by molar-refractivity contribution is 0.149. The van der Waals surface area contributed by atoms with Gasteiger partial charge in [-0.25, -0.2) is 0 Å². The maximum atomic E-state index is 8.86. The van der Waals surface area contributed by atoms with Crippen molar-refractivity contribution in [2.75, 3.05) is 6.61 Å². The molecule has 5 heteroatoms. The highest BCUT2D eigenvalue weighted by Crippen LogP contribution is 2.42. The lowest BCUT2D eigenvalue weighted by atomic mass is 9.88. The lowest BCUT2D eigenvalue weighted by Gasteiger charge is -2.40. The van der Waals surface area contributed by atoms with Crippen molar-refractivity contribution in [3.63, 3.8) is 0 Å². The molecule has 0 aromatic carbocycles. The van der Waals surface area contributed by atoms with Crippen molar-refractivity contribution in [2.24, 2.45) is 11.8 Å². The molecule has 0 spiro atoms. The summed E-state index contributed by atoms with van der Waals surface area (Å²) in [7, 11) is -3.41. The summed E-state index contributed by atoms with van der Waals surface area (Å²) in [5.41, 5.74) is 0. The second kappa shape index (κ2) is 15.8. The Labute approximate surface area is 233 Å². The molecule has 216 valence electrons. The van der Waals surface area contributed by atoms with Gasteiger partial charge in [0.05, 0.1) is 12.4 Å². The van der Waals surface area contributed by atoms with Gasteiger partial charge in [0.25, 0.3) is 0 Å². The third kappa shape index (κ3) is 12.4. The summed E-state index contributed by atoms with van der Waals surface area (Å²) in [6, 6.07) is 0. The van der Waals surface area contributed by atoms with E-state index in [1.165, 1.54) is 57.6 Å². The Balaban J connectivity index is 2.50. The molecule has 3 nitrogen and oxygen atoms in total. The molecule has 0 radical (unpaired) electrons. The second-order valence-electron chi connectivity index (χ2n) is 14.2. The first-order valence-corrected chi connectivity index (χ1v) is 20.9. The maximum absolute atomic E-state index is 8.86. The molecular formula is C32H62O3Si2. The quantitative estimate of drug-likeness (QED) is 0.0847. The molecule has 1 aliphatic carbocycles. The number of hydrogen-bond donors (Lipinski definition) is 1. The van der Waals surface area contributed by atoms with Gasteiger partial charge < -0.3 is 14.0 Å². The van der Waals surface area contributed by atoms with Crippen LogP contribution in [0.1, 0.15) is 106 Å². The molecule has 0 saturated heterocycles. The zero-order valence-electron chi connectivity index (χ0n) is 26.2. The van der Waals surface area contributed by atoms with E-state index in [1.807, 2.05) is 6.08 Å². The van der Waals surface area contributed by atoms with Crippen LogP contribution in [0.5, 0.6) is 0 Å². The van der Waals surface area contributed by atoms with Gasteiger partial charge in [0.2, 0.25) is 0 Å². The van der Waals surface area contributed by atoms with Crippen molar-refractivity contribution in [2.45, 2.75) is 148 Å². The van der Waals surface area contributed by atoms with E-state index in [9.17, 15) is 0 Å². The van der Waals surface area contributed by atoms with E-state index in [0.717, 1.165) is 19.4 Å². The van der Waals surface area contributed by atoms with Crippen molar-refractivity contribution in [3.05, 3.63) is 36.6 Å². The fourth-order valence-corrected chi connectivity index (χ4v) is 6.73. The first-order chi connectivity index (χ1) is 17.1. The number of allylic oxidation sites excluding steroid dienone is 4. The van der Waals surface area contributed by atoms with E-state index >= 15 is 0 Å². The molecule has 0 aromatic rings. The van der Waals surface area contributed by atoms with Crippen LogP contribution < -0.4 is 0 Å². The van der Waals surface area contributed by atoms with Gasteiger partial charge in [-0.05, 0) is 80.7 Å². The third-order valence-corrected chi connectivity index (χ3v) is 18.1. The lowest BCUT2D eigenvalue weighted by Crippen LogP contribution is -2.45. The molecule has 1 aliphatic rings. The van der Waals surface area contributed by atoms with Crippen LogP contribution in [-0.2, 0) is 8.85 Å². The molecule has 0 aliphatic heterocycles. The van der Waals surface area contributed by atoms with Gasteiger partial charge in [0, 0.05) is 12.5 Å². The van der Waals surface area contributed by atoms with Crippen LogP contribution in [0.4, 0.5) is 0 Å². The number of aliphatic hydroxyl groups is 1. The Morgan fingerprint density at radius 2 is 1.30 bits per heavy atom. The Bertz CT molecular complexity index is 711. The molecule has 37 heavy (non-hydrogen) atoms. The maximum Gasteiger partial charge on any atom is 0.192 e. The summed E-state index contributed by atoms with van der Waals surface area (Å²) in [4.78, 5) is 0. The molecule has 1 rings (SSSR count). The van der Waals surface area contributed by atoms with Gasteiger partial charge in [-0.1, -0.05) is 97.6 Å². The largest absolute Gasteiger partial charge is 0.516 e. The number of aliphatic hydroxyl groups excluding tert-OH is 1. The second-order valence-corrected chi connectivity index (χ2v) is 23.8. The van der Waals surface area contributed by atoms with Crippen LogP contribution >= 0.6 is 0 Å². The average Bonchev–Trinajstić information content (AvgIpc) is 3.14. The Morgan fingerprint density at radius 3 is 1.89 bits per heavy atom. The minimum atomic E-state index is -1.81. The average molecular weight is 551 g/mol. The normalized spacial score (nSPS) is 21.6. The summed E-state index contributed by atoms with van der Waals surface area (Å²) in [6.07, 6.45) is 24.9. The predicted octanol–water partition coefficient (Wildman–Crippen LogP) is 10.7.